The molecule has 10 nitrogen and oxygen atoms in total. The first-order valence-corrected chi connectivity index (χ1v) is 17.7. The number of fused-ring (bicyclic) bond motifs is 2. The number of nitrogens with zero attached hydrogens (tertiary/aromatic N) is 7. The topological polar surface area (TPSA) is 127 Å². The quantitative estimate of drug-likeness (QED) is 0.166. The van der Waals surface area contributed by atoms with Gasteiger partial charge < -0.3 is 14.8 Å². The van der Waals surface area contributed by atoms with Crippen LogP contribution in [0.1, 0.15) is 59.8 Å². The lowest BCUT2D eigenvalue weighted by Gasteiger charge is -2.19. The number of β-amino-alcohol motifs (C(OH)–C–C–N with tert-alkyl or cyclic N) is 1. The van der Waals surface area contributed by atoms with E-state index in [0.717, 1.165) is 82.7 Å². The Labute approximate surface area is 297 Å². The number of aliphatic hydroxyl groups is 1. The lowest BCUT2D eigenvalue weighted by Crippen LogP contribution is -2.29. The predicted molar refractivity (Wildman–Crippen MR) is 199 cm³/mol. The number of hydrogen-bond donors (Lipinski definition) is 2. The van der Waals surface area contributed by atoms with Crippen LogP contribution in [-0.2, 0) is 13.1 Å². The van der Waals surface area contributed by atoms with Crippen LogP contribution in [0.3, 0.4) is 0 Å². The van der Waals surface area contributed by atoms with Crippen molar-refractivity contribution in [2.45, 2.75) is 65.6 Å². The molecule has 0 saturated carbocycles. The van der Waals surface area contributed by atoms with Gasteiger partial charge in [-0.1, -0.05) is 24.3 Å². The van der Waals surface area contributed by atoms with Crippen LogP contribution in [0.2, 0.25) is 0 Å². The van der Waals surface area contributed by atoms with Crippen molar-refractivity contribution in [2.24, 2.45) is 0 Å². The summed E-state index contributed by atoms with van der Waals surface area (Å²) in [5, 5.41) is 24.0. The Morgan fingerprint density at radius 2 is 1.59 bits per heavy atom. The van der Waals surface area contributed by atoms with E-state index in [1.807, 2.05) is 44.3 Å². The number of nitrogens with one attached hydrogen (secondary N) is 1. The minimum absolute atomic E-state index is 0.509. The zero-order chi connectivity index (χ0) is 35.3. The highest BCUT2D eigenvalue weighted by atomic mass is 16.3. The monoisotopic (exact) mass is 678 g/mol. The number of likely N-dealkylation sites (tertiary alicyclic amines) is 2. The van der Waals surface area contributed by atoms with Crippen LogP contribution in [0.25, 0.3) is 44.7 Å². The first-order chi connectivity index (χ1) is 24.6. The van der Waals surface area contributed by atoms with E-state index in [1.165, 1.54) is 12.8 Å². The van der Waals surface area contributed by atoms with E-state index in [0.29, 0.717) is 52.8 Å². The molecule has 0 spiro atoms. The van der Waals surface area contributed by atoms with Crippen molar-refractivity contribution in [1.29, 1.82) is 5.26 Å². The van der Waals surface area contributed by atoms with Gasteiger partial charge in [-0.25, -0.2) is 15.0 Å². The number of rotatable bonds is 8. The number of pyridine rings is 1. The fourth-order valence-corrected chi connectivity index (χ4v) is 7.71. The Kier molecular flexibility index (Phi) is 8.51. The molecule has 51 heavy (non-hydrogen) atoms. The molecule has 2 fully saturated rings. The summed E-state index contributed by atoms with van der Waals surface area (Å²) >= 11 is 0. The van der Waals surface area contributed by atoms with Crippen LogP contribution in [0.15, 0.2) is 65.2 Å². The number of aromatic nitrogens is 4. The minimum Gasteiger partial charge on any atom is -0.435 e. The van der Waals surface area contributed by atoms with Crippen molar-refractivity contribution in [1.82, 2.24) is 29.7 Å². The molecule has 2 aliphatic rings. The highest BCUT2D eigenvalue weighted by Crippen LogP contribution is 2.38. The molecule has 2 saturated heterocycles. The van der Waals surface area contributed by atoms with Gasteiger partial charge in [0.1, 0.15) is 22.9 Å². The lowest BCUT2D eigenvalue weighted by atomic mass is 9.93. The molecule has 0 amide bonds. The van der Waals surface area contributed by atoms with Crippen molar-refractivity contribution in [3.8, 4) is 28.7 Å². The molecule has 3 aromatic carbocycles. The van der Waals surface area contributed by atoms with E-state index in [4.69, 9.17) is 24.4 Å². The van der Waals surface area contributed by atoms with E-state index < -0.39 is 5.60 Å². The Morgan fingerprint density at radius 1 is 0.863 bits per heavy atom. The molecular weight excluding hydrogens is 637 g/mol. The molecule has 6 aromatic rings. The van der Waals surface area contributed by atoms with E-state index >= 15 is 0 Å². The second-order valence-electron chi connectivity index (χ2n) is 14.5. The summed E-state index contributed by atoms with van der Waals surface area (Å²) < 4.78 is 6.32. The molecule has 1 atom stereocenters. The zero-order valence-electron chi connectivity index (χ0n) is 29.6. The summed E-state index contributed by atoms with van der Waals surface area (Å²) in [5.41, 5.74) is 10.8. The van der Waals surface area contributed by atoms with E-state index in [-0.39, 0.29) is 0 Å². The van der Waals surface area contributed by atoms with E-state index in [9.17, 15) is 10.4 Å². The fourth-order valence-electron chi connectivity index (χ4n) is 7.71. The summed E-state index contributed by atoms with van der Waals surface area (Å²) in [5.74, 6) is 1.82. The molecular formula is C41H42N8O2. The summed E-state index contributed by atoms with van der Waals surface area (Å²) in [4.78, 5) is 23.9. The number of anilines is 2. The average Bonchev–Trinajstić information content (AvgIpc) is 3.85. The number of benzene rings is 3. The van der Waals surface area contributed by atoms with Crippen LogP contribution < -0.4 is 5.32 Å². The van der Waals surface area contributed by atoms with Crippen LogP contribution >= 0.6 is 0 Å². The number of nitriles is 1. The zero-order valence-corrected chi connectivity index (χ0v) is 29.6. The molecule has 0 radical (unpaired) electrons. The van der Waals surface area contributed by atoms with Crippen LogP contribution in [0.5, 0.6) is 0 Å². The highest BCUT2D eigenvalue weighted by molar-refractivity contribution is 5.89. The molecule has 3 aromatic heterocycles. The van der Waals surface area contributed by atoms with Crippen molar-refractivity contribution >= 4 is 33.6 Å². The molecule has 8 rings (SSSR count). The Bertz CT molecular complexity index is 2330. The minimum atomic E-state index is -0.643. The molecule has 0 bridgehead atoms. The van der Waals surface area contributed by atoms with Crippen LogP contribution in [0, 0.1) is 32.1 Å². The third-order valence-corrected chi connectivity index (χ3v) is 10.4. The van der Waals surface area contributed by atoms with E-state index in [2.05, 4.69) is 65.4 Å². The van der Waals surface area contributed by atoms with Gasteiger partial charge in [-0.05, 0) is 124 Å². The molecule has 258 valence electrons. The smallest absolute Gasteiger partial charge is 0.227 e. The lowest BCUT2D eigenvalue weighted by molar-refractivity contribution is 0.0679. The van der Waals surface area contributed by atoms with Crippen molar-refractivity contribution < 1.29 is 9.52 Å². The third kappa shape index (κ3) is 6.56. The molecule has 0 unspecified atom stereocenters. The molecule has 10 heteroatoms. The standard InChI is InChI=1S/C41H42N8O2/c1-25-31(9-7-11-33(25)40-47-36-18-28(22-48-14-5-6-15-48)17-30(20-42)38(36)51-40)32-10-8-12-34(26(32)2)46-39-37-35(44-27(3)45-39)19-29(21-43-37)23-49-16-13-41(4,50)24-49/h7-12,17-19,21,50H,5-6,13-16,22-24H2,1-4H3,(H,44,45,46)/t41-/m0/s1. The first-order valence-electron chi connectivity index (χ1n) is 17.7. The van der Waals surface area contributed by atoms with Crippen molar-refractivity contribution in [3.05, 3.63) is 94.4 Å². The predicted octanol–water partition coefficient (Wildman–Crippen LogP) is 7.59. The molecule has 5 heterocycles. The average molecular weight is 679 g/mol. The second kappa shape index (κ2) is 13.2. The fraction of sp³-hybridized carbons (Fsp3) is 0.341. The molecule has 2 aliphatic heterocycles. The van der Waals surface area contributed by atoms with Crippen molar-refractivity contribution in [2.75, 3.05) is 31.5 Å². The maximum Gasteiger partial charge on any atom is 0.227 e. The summed E-state index contributed by atoms with van der Waals surface area (Å²) in [7, 11) is 0. The van der Waals surface area contributed by atoms with Crippen LogP contribution in [0.4, 0.5) is 11.5 Å². The molecule has 2 N–H and O–H groups in total. The largest absolute Gasteiger partial charge is 0.435 e. The third-order valence-electron chi connectivity index (χ3n) is 10.4. The van der Waals surface area contributed by atoms with Gasteiger partial charge in [0.05, 0.1) is 16.7 Å². The van der Waals surface area contributed by atoms with Gasteiger partial charge in [-0.15, -0.1) is 0 Å². The van der Waals surface area contributed by atoms with Gasteiger partial charge in [-0.3, -0.25) is 14.8 Å². The van der Waals surface area contributed by atoms with Gasteiger partial charge in [0, 0.05) is 43.6 Å². The first kappa shape index (κ1) is 33.0. The van der Waals surface area contributed by atoms with Gasteiger partial charge in [0.2, 0.25) is 5.89 Å². The number of hydrogen-bond acceptors (Lipinski definition) is 10. The SMILES string of the molecule is Cc1nc(Nc2cccc(-c3cccc(-c4nc5cc(CN6CCCC6)cc(C#N)c5o4)c3C)c2C)c2ncc(CN3CC[C@](C)(O)C3)cc2n1. The highest BCUT2D eigenvalue weighted by Gasteiger charge is 2.31. The second-order valence-corrected chi connectivity index (χ2v) is 14.5. The van der Waals surface area contributed by atoms with E-state index in [1.54, 1.807) is 0 Å². The Balaban J connectivity index is 1.09. The maximum atomic E-state index is 10.4. The Hall–Kier alpha value is -5.21. The van der Waals surface area contributed by atoms with Crippen molar-refractivity contribution in [3.63, 3.8) is 0 Å². The Morgan fingerprint density at radius 3 is 2.35 bits per heavy atom. The van der Waals surface area contributed by atoms with Crippen LogP contribution in [-0.4, -0.2) is 66.6 Å². The van der Waals surface area contributed by atoms with Gasteiger partial charge in [0.15, 0.2) is 11.4 Å². The van der Waals surface area contributed by atoms with Gasteiger partial charge >= 0.3 is 0 Å². The summed E-state index contributed by atoms with van der Waals surface area (Å²) in [6, 6.07) is 20.8. The molecule has 0 aliphatic carbocycles. The summed E-state index contributed by atoms with van der Waals surface area (Å²) in [6.45, 7) is 13.2. The number of oxazole rings is 1. The summed E-state index contributed by atoms with van der Waals surface area (Å²) in [6.07, 6.45) is 5.09. The number of aryl methyl sites for hydroxylation is 1. The normalized spacial score (nSPS) is 18.2. The maximum absolute atomic E-state index is 10.4. The van der Waals surface area contributed by atoms with Gasteiger partial charge in [0.25, 0.3) is 0 Å². The van der Waals surface area contributed by atoms with Gasteiger partial charge in [-0.2, -0.15) is 5.26 Å².